The highest BCUT2D eigenvalue weighted by Crippen LogP contribution is 2.48. The predicted molar refractivity (Wildman–Crippen MR) is 105 cm³/mol. The fraction of sp³-hybridized carbons (Fsp3) is 0.100. The van der Waals surface area contributed by atoms with Gasteiger partial charge in [-0.25, -0.2) is 0 Å². The standard InChI is InChI=1S/C20H14N2O2S2/c1-21-7-3-5-13(21)15-9-11-17(23)18(24)12-10-16(14-6-4-8-22(14)2)26-20(12)19(11)25-15/h3-10H,1-2H3. The van der Waals surface area contributed by atoms with Crippen LogP contribution in [0.1, 0.15) is 20.7 Å². The predicted octanol–water partition coefficient (Wildman–Crippen LogP) is 4.87. The van der Waals surface area contributed by atoms with Crippen molar-refractivity contribution in [3.05, 3.63) is 59.9 Å². The molecule has 5 rings (SSSR count). The number of thiophene rings is 2. The summed E-state index contributed by atoms with van der Waals surface area (Å²) in [6.07, 6.45) is 3.95. The minimum atomic E-state index is -0.402. The fourth-order valence-corrected chi connectivity index (χ4v) is 5.99. The van der Waals surface area contributed by atoms with Crippen LogP contribution in [-0.4, -0.2) is 20.7 Å². The monoisotopic (exact) mass is 378 g/mol. The molecule has 0 spiro atoms. The lowest BCUT2D eigenvalue weighted by atomic mass is 9.95. The van der Waals surface area contributed by atoms with Gasteiger partial charge in [-0.05, 0) is 36.4 Å². The average Bonchev–Trinajstić information content (AvgIpc) is 3.36. The van der Waals surface area contributed by atoms with Gasteiger partial charge >= 0.3 is 0 Å². The number of carbonyl (C=O) groups is 2. The highest BCUT2D eigenvalue weighted by molar-refractivity contribution is 7.26. The molecule has 4 aromatic rings. The number of rotatable bonds is 2. The third-order valence-corrected chi connectivity index (χ3v) is 7.24. The van der Waals surface area contributed by atoms with Crippen LogP contribution in [0.25, 0.3) is 30.9 Å². The van der Waals surface area contributed by atoms with Crippen molar-refractivity contribution in [3.8, 4) is 30.9 Å². The van der Waals surface area contributed by atoms with Gasteiger partial charge in [-0.15, -0.1) is 22.7 Å². The zero-order chi connectivity index (χ0) is 18.0. The first kappa shape index (κ1) is 15.5. The molecule has 4 nitrogen and oxygen atoms in total. The molecular weight excluding hydrogens is 364 g/mol. The lowest BCUT2D eigenvalue weighted by molar-refractivity contribution is 0.0816. The molecule has 26 heavy (non-hydrogen) atoms. The summed E-state index contributed by atoms with van der Waals surface area (Å²) in [5, 5.41) is 0. The van der Waals surface area contributed by atoms with Gasteiger partial charge in [0.15, 0.2) is 0 Å². The van der Waals surface area contributed by atoms with Crippen LogP contribution in [0, 0.1) is 0 Å². The molecule has 1 aliphatic rings. The molecule has 0 amide bonds. The van der Waals surface area contributed by atoms with E-state index in [4.69, 9.17) is 0 Å². The summed E-state index contributed by atoms with van der Waals surface area (Å²) in [5.74, 6) is -0.805. The lowest BCUT2D eigenvalue weighted by Crippen LogP contribution is -2.18. The Morgan fingerprint density at radius 3 is 1.50 bits per heavy atom. The van der Waals surface area contributed by atoms with Crippen LogP contribution in [-0.2, 0) is 14.1 Å². The van der Waals surface area contributed by atoms with Crippen molar-refractivity contribution >= 4 is 34.2 Å². The van der Waals surface area contributed by atoms with E-state index >= 15 is 0 Å². The Kier molecular flexibility index (Phi) is 3.23. The Morgan fingerprint density at radius 1 is 0.731 bits per heavy atom. The molecule has 0 aliphatic heterocycles. The zero-order valence-electron chi connectivity index (χ0n) is 14.1. The minimum Gasteiger partial charge on any atom is -0.350 e. The molecular formula is C20H14N2O2S2. The van der Waals surface area contributed by atoms with Gasteiger partial charge in [0.1, 0.15) is 0 Å². The van der Waals surface area contributed by atoms with E-state index < -0.39 is 11.6 Å². The Balaban J connectivity index is 1.72. The largest absolute Gasteiger partial charge is 0.350 e. The summed E-state index contributed by atoms with van der Waals surface area (Å²) < 4.78 is 4.04. The van der Waals surface area contributed by atoms with Gasteiger partial charge in [0.2, 0.25) is 11.6 Å². The number of aryl methyl sites for hydroxylation is 2. The van der Waals surface area contributed by atoms with Crippen molar-refractivity contribution in [3.63, 3.8) is 0 Å². The Labute approximate surface area is 157 Å². The van der Waals surface area contributed by atoms with E-state index in [1.165, 1.54) is 0 Å². The van der Waals surface area contributed by atoms with Gasteiger partial charge in [0.25, 0.3) is 0 Å². The molecule has 0 N–H and O–H groups in total. The van der Waals surface area contributed by atoms with Crippen molar-refractivity contribution in [2.24, 2.45) is 14.1 Å². The molecule has 6 heteroatoms. The van der Waals surface area contributed by atoms with Crippen LogP contribution in [0.4, 0.5) is 0 Å². The first-order valence-electron chi connectivity index (χ1n) is 8.15. The van der Waals surface area contributed by atoms with Crippen LogP contribution >= 0.6 is 22.7 Å². The quantitative estimate of drug-likeness (QED) is 0.467. The maximum Gasteiger partial charge on any atom is 0.235 e. The summed E-state index contributed by atoms with van der Waals surface area (Å²) in [4.78, 5) is 29.1. The van der Waals surface area contributed by atoms with Crippen LogP contribution in [0.5, 0.6) is 0 Å². The molecule has 0 aromatic carbocycles. The van der Waals surface area contributed by atoms with Crippen molar-refractivity contribution in [1.29, 1.82) is 0 Å². The van der Waals surface area contributed by atoms with E-state index in [0.29, 0.717) is 11.1 Å². The van der Waals surface area contributed by atoms with E-state index in [2.05, 4.69) is 0 Å². The van der Waals surface area contributed by atoms with Crippen molar-refractivity contribution < 1.29 is 9.59 Å². The molecule has 0 bridgehead atoms. The number of fused-ring (bicyclic) bond motifs is 3. The topological polar surface area (TPSA) is 44.0 Å². The van der Waals surface area contributed by atoms with E-state index in [-0.39, 0.29) is 0 Å². The molecule has 0 saturated heterocycles. The number of hydrogen-bond donors (Lipinski definition) is 0. The normalized spacial score (nSPS) is 13.2. The highest BCUT2D eigenvalue weighted by atomic mass is 32.1. The molecule has 128 valence electrons. The number of hydrogen-bond acceptors (Lipinski definition) is 4. The Morgan fingerprint density at radius 2 is 1.15 bits per heavy atom. The van der Waals surface area contributed by atoms with E-state index in [0.717, 1.165) is 30.9 Å². The molecule has 4 heterocycles. The molecule has 0 atom stereocenters. The first-order chi connectivity index (χ1) is 12.5. The van der Waals surface area contributed by atoms with Crippen molar-refractivity contribution in [2.45, 2.75) is 0 Å². The number of ketones is 2. The second-order valence-corrected chi connectivity index (χ2v) is 8.48. The summed E-state index contributed by atoms with van der Waals surface area (Å²) in [5.41, 5.74) is 3.16. The fourth-order valence-electron chi connectivity index (χ4n) is 3.39. The number of aromatic nitrogens is 2. The van der Waals surface area contributed by atoms with Crippen molar-refractivity contribution in [1.82, 2.24) is 9.13 Å². The van der Waals surface area contributed by atoms with Gasteiger partial charge in [-0.1, -0.05) is 0 Å². The molecule has 4 aromatic heterocycles. The second-order valence-electron chi connectivity index (χ2n) is 6.37. The molecule has 0 unspecified atom stereocenters. The summed E-state index contributed by atoms with van der Waals surface area (Å²) in [6, 6.07) is 11.7. The molecule has 0 fully saturated rings. The third-order valence-electron chi connectivity index (χ3n) is 4.76. The van der Waals surface area contributed by atoms with E-state index in [9.17, 15) is 9.59 Å². The second kappa shape index (κ2) is 5.40. The number of carbonyl (C=O) groups excluding carboxylic acids is 2. The average molecular weight is 378 g/mol. The minimum absolute atomic E-state index is 0.402. The zero-order valence-corrected chi connectivity index (χ0v) is 15.8. The Hall–Kier alpha value is -2.70. The van der Waals surface area contributed by atoms with Gasteiger partial charge in [-0.2, -0.15) is 0 Å². The van der Waals surface area contributed by atoms with Crippen LogP contribution in [0.2, 0.25) is 0 Å². The smallest absolute Gasteiger partial charge is 0.235 e. The molecule has 0 radical (unpaired) electrons. The number of Topliss-reactive ketones (excluding diaryl/α,β-unsaturated/α-hetero) is 2. The summed E-state index contributed by atoms with van der Waals surface area (Å²) in [6.45, 7) is 0. The lowest BCUT2D eigenvalue weighted by Gasteiger charge is -2.08. The first-order valence-corrected chi connectivity index (χ1v) is 9.78. The number of nitrogens with zero attached hydrogens (tertiary/aromatic N) is 2. The maximum absolute atomic E-state index is 12.7. The van der Waals surface area contributed by atoms with Crippen LogP contribution in [0.15, 0.2) is 48.8 Å². The van der Waals surface area contributed by atoms with Crippen molar-refractivity contribution in [2.75, 3.05) is 0 Å². The van der Waals surface area contributed by atoms with E-state index in [1.807, 2.05) is 72.0 Å². The maximum atomic E-state index is 12.7. The van der Waals surface area contributed by atoms with Crippen LogP contribution in [0.3, 0.4) is 0 Å². The van der Waals surface area contributed by atoms with E-state index in [1.54, 1.807) is 22.7 Å². The SMILES string of the molecule is Cn1cccc1-c1cc2c(s1)-c1sc(-c3cccn3C)cc1C(=O)C2=O. The Bertz CT molecular complexity index is 1110. The van der Waals surface area contributed by atoms with Crippen LogP contribution < -0.4 is 0 Å². The molecule has 1 aliphatic carbocycles. The summed E-state index contributed by atoms with van der Waals surface area (Å²) in [7, 11) is 3.95. The van der Waals surface area contributed by atoms with Gasteiger partial charge in [0, 0.05) is 37.6 Å². The van der Waals surface area contributed by atoms with Gasteiger partial charge < -0.3 is 9.13 Å². The van der Waals surface area contributed by atoms with Gasteiger partial charge in [-0.3, -0.25) is 9.59 Å². The summed E-state index contributed by atoms with van der Waals surface area (Å²) >= 11 is 3.16. The third kappa shape index (κ3) is 2.06. The highest BCUT2D eigenvalue weighted by Gasteiger charge is 2.35. The molecule has 0 saturated carbocycles. The van der Waals surface area contributed by atoms with Gasteiger partial charge in [0.05, 0.1) is 30.9 Å².